The van der Waals surface area contributed by atoms with Crippen molar-refractivity contribution < 1.29 is 0 Å². The maximum absolute atomic E-state index is 5.89. The van der Waals surface area contributed by atoms with Crippen LogP contribution in [0, 0.1) is 0 Å². The SMILES string of the molecule is CCCCC(NN)c1ccc(Cl)cc1N. The van der Waals surface area contributed by atoms with Crippen LogP contribution in [0.5, 0.6) is 0 Å². The number of nitrogens with one attached hydrogen (secondary N) is 1. The van der Waals surface area contributed by atoms with Gasteiger partial charge in [0, 0.05) is 16.8 Å². The molecular weight excluding hydrogens is 210 g/mol. The molecule has 0 bridgehead atoms. The van der Waals surface area contributed by atoms with E-state index < -0.39 is 0 Å². The van der Waals surface area contributed by atoms with E-state index in [1.54, 1.807) is 6.07 Å². The minimum atomic E-state index is 0.113. The van der Waals surface area contributed by atoms with E-state index in [0.717, 1.165) is 24.8 Å². The molecule has 1 aromatic rings. The number of nitrogens with two attached hydrogens (primary N) is 2. The van der Waals surface area contributed by atoms with Crippen molar-refractivity contribution in [3.63, 3.8) is 0 Å². The Morgan fingerprint density at radius 1 is 1.47 bits per heavy atom. The Labute approximate surface area is 95.8 Å². The van der Waals surface area contributed by atoms with Gasteiger partial charge >= 0.3 is 0 Å². The van der Waals surface area contributed by atoms with Crippen LogP contribution in [0.2, 0.25) is 5.02 Å². The van der Waals surface area contributed by atoms with Crippen molar-refractivity contribution in [2.45, 2.75) is 32.2 Å². The highest BCUT2D eigenvalue weighted by molar-refractivity contribution is 6.30. The number of rotatable bonds is 5. The van der Waals surface area contributed by atoms with Crippen LogP contribution in [0.1, 0.15) is 37.8 Å². The van der Waals surface area contributed by atoms with Gasteiger partial charge in [-0.2, -0.15) is 0 Å². The number of anilines is 1. The molecule has 0 radical (unpaired) electrons. The van der Waals surface area contributed by atoms with E-state index in [1.165, 1.54) is 0 Å². The summed E-state index contributed by atoms with van der Waals surface area (Å²) in [6, 6.07) is 5.64. The predicted octanol–water partition coefficient (Wildman–Crippen LogP) is 2.62. The summed E-state index contributed by atoms with van der Waals surface area (Å²) in [5, 5.41) is 0.655. The second kappa shape index (κ2) is 5.95. The van der Waals surface area contributed by atoms with Crippen LogP contribution in [0.4, 0.5) is 5.69 Å². The quantitative estimate of drug-likeness (QED) is 0.412. The van der Waals surface area contributed by atoms with E-state index in [1.807, 2.05) is 12.1 Å². The van der Waals surface area contributed by atoms with Crippen LogP contribution in [0.25, 0.3) is 0 Å². The maximum Gasteiger partial charge on any atom is 0.0480 e. The number of hydrazine groups is 1. The first-order chi connectivity index (χ1) is 7.19. The minimum absolute atomic E-state index is 0.113. The van der Waals surface area contributed by atoms with E-state index >= 15 is 0 Å². The highest BCUT2D eigenvalue weighted by Gasteiger charge is 2.12. The molecule has 0 aliphatic rings. The van der Waals surface area contributed by atoms with Crippen molar-refractivity contribution in [1.29, 1.82) is 0 Å². The average molecular weight is 228 g/mol. The fourth-order valence-corrected chi connectivity index (χ4v) is 1.78. The summed E-state index contributed by atoms with van der Waals surface area (Å²) in [5.41, 5.74) is 10.4. The summed E-state index contributed by atoms with van der Waals surface area (Å²) in [4.78, 5) is 0. The molecule has 1 aromatic carbocycles. The molecular formula is C11H18ClN3. The van der Waals surface area contributed by atoms with Gasteiger partial charge in [0.1, 0.15) is 0 Å². The molecule has 1 rings (SSSR count). The molecule has 3 nitrogen and oxygen atoms in total. The first-order valence-corrected chi connectivity index (χ1v) is 5.58. The van der Waals surface area contributed by atoms with Crippen molar-refractivity contribution in [2.24, 2.45) is 5.84 Å². The van der Waals surface area contributed by atoms with Gasteiger partial charge in [-0.15, -0.1) is 0 Å². The molecule has 0 aliphatic carbocycles. The number of unbranched alkanes of at least 4 members (excludes halogenated alkanes) is 1. The summed E-state index contributed by atoms with van der Waals surface area (Å²) in [7, 11) is 0. The lowest BCUT2D eigenvalue weighted by Gasteiger charge is -2.18. The lowest BCUT2D eigenvalue weighted by atomic mass is 10.0. The fourth-order valence-electron chi connectivity index (χ4n) is 1.60. The largest absolute Gasteiger partial charge is 0.398 e. The lowest BCUT2D eigenvalue weighted by Crippen LogP contribution is -2.28. The monoisotopic (exact) mass is 227 g/mol. The molecule has 84 valence electrons. The minimum Gasteiger partial charge on any atom is -0.398 e. The molecule has 0 spiro atoms. The van der Waals surface area contributed by atoms with Crippen molar-refractivity contribution in [2.75, 3.05) is 5.73 Å². The predicted molar refractivity (Wildman–Crippen MR) is 65.5 cm³/mol. The zero-order valence-electron chi connectivity index (χ0n) is 8.96. The highest BCUT2D eigenvalue weighted by atomic mass is 35.5. The Morgan fingerprint density at radius 2 is 2.20 bits per heavy atom. The number of hydrogen-bond acceptors (Lipinski definition) is 3. The second-order valence-electron chi connectivity index (χ2n) is 3.63. The van der Waals surface area contributed by atoms with E-state index in [4.69, 9.17) is 23.2 Å². The zero-order chi connectivity index (χ0) is 11.3. The number of nitrogen functional groups attached to an aromatic ring is 1. The molecule has 0 aliphatic heterocycles. The summed E-state index contributed by atoms with van der Waals surface area (Å²) >= 11 is 5.84. The summed E-state index contributed by atoms with van der Waals surface area (Å²) < 4.78 is 0. The smallest absolute Gasteiger partial charge is 0.0480 e. The van der Waals surface area contributed by atoms with E-state index in [2.05, 4.69) is 12.3 Å². The number of halogens is 1. The molecule has 0 heterocycles. The van der Waals surface area contributed by atoms with Gasteiger partial charge in [0.15, 0.2) is 0 Å². The van der Waals surface area contributed by atoms with Gasteiger partial charge in [0.25, 0.3) is 0 Å². The van der Waals surface area contributed by atoms with Gasteiger partial charge in [0.2, 0.25) is 0 Å². The Hall–Kier alpha value is -0.770. The zero-order valence-corrected chi connectivity index (χ0v) is 9.72. The highest BCUT2D eigenvalue weighted by Crippen LogP contribution is 2.26. The van der Waals surface area contributed by atoms with Gasteiger partial charge in [-0.3, -0.25) is 11.3 Å². The van der Waals surface area contributed by atoms with Crippen molar-refractivity contribution >= 4 is 17.3 Å². The van der Waals surface area contributed by atoms with E-state index in [-0.39, 0.29) is 6.04 Å². The summed E-state index contributed by atoms with van der Waals surface area (Å²) in [6.45, 7) is 2.15. The normalized spacial score (nSPS) is 12.7. The molecule has 0 amide bonds. The van der Waals surface area contributed by atoms with Gasteiger partial charge in [-0.1, -0.05) is 37.4 Å². The van der Waals surface area contributed by atoms with Gasteiger partial charge in [-0.25, -0.2) is 0 Å². The van der Waals surface area contributed by atoms with Gasteiger partial charge in [0.05, 0.1) is 0 Å². The standard InChI is InChI=1S/C11H18ClN3/c1-2-3-4-11(15-14)9-6-5-8(12)7-10(9)13/h5-7,11,15H,2-4,13-14H2,1H3. The van der Waals surface area contributed by atoms with Crippen LogP contribution in [-0.2, 0) is 0 Å². The molecule has 1 unspecified atom stereocenters. The fraction of sp³-hybridized carbons (Fsp3) is 0.455. The van der Waals surface area contributed by atoms with Crippen molar-refractivity contribution in [3.05, 3.63) is 28.8 Å². The molecule has 0 saturated carbocycles. The Bertz CT molecular complexity index is 315. The van der Waals surface area contributed by atoms with Crippen molar-refractivity contribution in [1.82, 2.24) is 5.43 Å². The Balaban J connectivity index is 2.81. The van der Waals surface area contributed by atoms with Gasteiger partial charge < -0.3 is 5.73 Å². The summed E-state index contributed by atoms with van der Waals surface area (Å²) in [6.07, 6.45) is 3.25. The topological polar surface area (TPSA) is 64.1 Å². The molecule has 5 N–H and O–H groups in total. The number of benzene rings is 1. The van der Waals surface area contributed by atoms with Gasteiger partial charge in [-0.05, 0) is 24.1 Å². The molecule has 15 heavy (non-hydrogen) atoms. The third-order valence-corrected chi connectivity index (χ3v) is 2.71. The van der Waals surface area contributed by atoms with Crippen LogP contribution in [0.15, 0.2) is 18.2 Å². The molecule has 1 atom stereocenters. The van der Waals surface area contributed by atoms with Crippen LogP contribution in [-0.4, -0.2) is 0 Å². The third kappa shape index (κ3) is 3.38. The van der Waals surface area contributed by atoms with E-state index in [9.17, 15) is 0 Å². The Kier molecular flexibility index (Phi) is 4.88. The maximum atomic E-state index is 5.89. The van der Waals surface area contributed by atoms with Crippen LogP contribution >= 0.6 is 11.6 Å². The van der Waals surface area contributed by atoms with Crippen molar-refractivity contribution in [3.8, 4) is 0 Å². The Morgan fingerprint density at radius 3 is 2.73 bits per heavy atom. The average Bonchev–Trinajstić information content (AvgIpc) is 2.21. The number of hydrogen-bond donors (Lipinski definition) is 3. The molecule has 0 fully saturated rings. The first-order valence-electron chi connectivity index (χ1n) is 5.20. The second-order valence-corrected chi connectivity index (χ2v) is 4.07. The molecule has 0 aromatic heterocycles. The lowest BCUT2D eigenvalue weighted by molar-refractivity contribution is 0.496. The van der Waals surface area contributed by atoms with Crippen LogP contribution in [0.3, 0.4) is 0 Å². The third-order valence-electron chi connectivity index (χ3n) is 2.47. The molecule has 4 heteroatoms. The first kappa shape index (κ1) is 12.3. The van der Waals surface area contributed by atoms with Crippen LogP contribution < -0.4 is 17.0 Å². The molecule has 0 saturated heterocycles. The van der Waals surface area contributed by atoms with E-state index in [0.29, 0.717) is 10.7 Å². The summed E-state index contributed by atoms with van der Waals surface area (Å²) in [5.74, 6) is 5.51.